The molecule has 2 N–H and O–H groups in total. The van der Waals surface area contributed by atoms with E-state index >= 15 is 0 Å². The standard InChI is InChI=1S/C17H15N3O4/c1-10-15(17(21)22)16(11-5-4-6-12(9-11)20(23)24)19-14-8-3-2-7-13(14)18-10/h2-9,15-16,19H,1H3,(H,21,22). The number of nitrogens with zero attached hydrogens (tertiary/aromatic N) is 2. The monoisotopic (exact) mass is 325 g/mol. The van der Waals surface area contributed by atoms with E-state index in [1.165, 1.54) is 12.1 Å². The largest absolute Gasteiger partial charge is 0.481 e. The van der Waals surface area contributed by atoms with Crippen molar-refractivity contribution in [2.45, 2.75) is 13.0 Å². The molecular formula is C17H15N3O4. The number of non-ortho nitro benzene ring substituents is 1. The van der Waals surface area contributed by atoms with Crippen molar-refractivity contribution in [1.82, 2.24) is 0 Å². The Morgan fingerprint density at radius 3 is 2.71 bits per heavy atom. The Morgan fingerprint density at radius 2 is 2.00 bits per heavy atom. The Balaban J connectivity index is 2.13. The van der Waals surface area contributed by atoms with Crippen LogP contribution in [-0.2, 0) is 4.79 Å². The number of hydrogen-bond acceptors (Lipinski definition) is 5. The molecule has 0 amide bonds. The highest BCUT2D eigenvalue weighted by Crippen LogP contribution is 2.37. The van der Waals surface area contributed by atoms with Crippen LogP contribution in [0.4, 0.5) is 17.1 Å². The van der Waals surface area contributed by atoms with Crippen molar-refractivity contribution in [3.8, 4) is 0 Å². The van der Waals surface area contributed by atoms with Crippen LogP contribution in [0.1, 0.15) is 18.5 Å². The molecule has 0 saturated heterocycles. The van der Waals surface area contributed by atoms with Crippen LogP contribution in [0, 0.1) is 16.0 Å². The molecule has 0 aliphatic carbocycles. The van der Waals surface area contributed by atoms with E-state index in [0.29, 0.717) is 22.6 Å². The predicted octanol–water partition coefficient (Wildman–Crippen LogP) is 3.55. The molecule has 0 radical (unpaired) electrons. The van der Waals surface area contributed by atoms with Gasteiger partial charge in [-0.2, -0.15) is 0 Å². The lowest BCUT2D eigenvalue weighted by molar-refractivity contribution is -0.384. The smallest absolute Gasteiger partial charge is 0.314 e. The first kappa shape index (κ1) is 15.7. The first-order chi connectivity index (χ1) is 11.5. The number of rotatable bonds is 3. The summed E-state index contributed by atoms with van der Waals surface area (Å²) >= 11 is 0. The molecule has 2 atom stereocenters. The zero-order chi connectivity index (χ0) is 17.3. The van der Waals surface area contributed by atoms with Crippen LogP contribution in [0.15, 0.2) is 53.5 Å². The van der Waals surface area contributed by atoms with Crippen LogP contribution in [0.5, 0.6) is 0 Å². The maximum atomic E-state index is 11.8. The zero-order valence-corrected chi connectivity index (χ0v) is 12.8. The Kier molecular flexibility index (Phi) is 3.99. The van der Waals surface area contributed by atoms with E-state index in [4.69, 9.17) is 0 Å². The Bertz CT molecular complexity index is 847. The molecule has 0 bridgehead atoms. The number of anilines is 1. The molecule has 2 aromatic carbocycles. The normalized spacial score (nSPS) is 19.5. The fraction of sp³-hybridized carbons (Fsp3) is 0.176. The summed E-state index contributed by atoms with van der Waals surface area (Å²) < 4.78 is 0. The number of fused-ring (bicyclic) bond motifs is 1. The number of carbonyl (C=O) groups is 1. The highest BCUT2D eigenvalue weighted by Gasteiger charge is 2.35. The van der Waals surface area contributed by atoms with Gasteiger partial charge in [0.25, 0.3) is 5.69 Å². The summed E-state index contributed by atoms with van der Waals surface area (Å²) in [4.78, 5) is 26.8. The van der Waals surface area contributed by atoms with E-state index in [2.05, 4.69) is 10.3 Å². The average Bonchev–Trinajstić information content (AvgIpc) is 2.70. The minimum absolute atomic E-state index is 0.0782. The Labute approximate surface area is 137 Å². The molecule has 1 heterocycles. The number of nitro groups is 1. The molecule has 2 unspecified atom stereocenters. The number of nitro benzene ring substituents is 1. The quantitative estimate of drug-likeness (QED) is 0.663. The molecule has 0 aromatic heterocycles. The van der Waals surface area contributed by atoms with Crippen LogP contribution in [0.25, 0.3) is 0 Å². The lowest BCUT2D eigenvalue weighted by Gasteiger charge is -2.24. The van der Waals surface area contributed by atoms with Gasteiger partial charge in [0.15, 0.2) is 0 Å². The Hall–Kier alpha value is -3.22. The Morgan fingerprint density at radius 1 is 1.25 bits per heavy atom. The van der Waals surface area contributed by atoms with Gasteiger partial charge in [0.2, 0.25) is 0 Å². The van der Waals surface area contributed by atoms with Crippen LogP contribution in [-0.4, -0.2) is 21.7 Å². The summed E-state index contributed by atoms with van der Waals surface area (Å²) in [6.45, 7) is 1.66. The van der Waals surface area contributed by atoms with Crippen molar-refractivity contribution in [1.29, 1.82) is 0 Å². The van der Waals surface area contributed by atoms with Gasteiger partial charge in [-0.3, -0.25) is 19.9 Å². The molecule has 7 heteroatoms. The molecule has 3 rings (SSSR count). The number of aliphatic imine (C=N–C) groups is 1. The second-order valence-corrected chi connectivity index (χ2v) is 5.56. The van der Waals surface area contributed by atoms with Crippen LogP contribution >= 0.6 is 0 Å². The first-order valence-electron chi connectivity index (χ1n) is 7.35. The van der Waals surface area contributed by atoms with Crippen molar-refractivity contribution >= 4 is 28.7 Å². The van der Waals surface area contributed by atoms with Gasteiger partial charge in [0.1, 0.15) is 5.92 Å². The third-order valence-electron chi connectivity index (χ3n) is 4.00. The fourth-order valence-electron chi connectivity index (χ4n) is 2.87. The van der Waals surface area contributed by atoms with E-state index in [0.717, 1.165) is 0 Å². The van der Waals surface area contributed by atoms with Crippen LogP contribution in [0.2, 0.25) is 0 Å². The lowest BCUT2D eigenvalue weighted by atomic mass is 9.89. The second-order valence-electron chi connectivity index (χ2n) is 5.56. The van der Waals surface area contributed by atoms with Gasteiger partial charge < -0.3 is 10.4 Å². The lowest BCUT2D eigenvalue weighted by Crippen LogP contribution is -2.32. The SMILES string of the molecule is CC1=Nc2ccccc2NC(c2cccc([N+](=O)[O-])c2)C1C(=O)O. The number of aliphatic carboxylic acids is 1. The maximum absolute atomic E-state index is 11.8. The number of carboxylic acid groups (broad SMARTS) is 1. The molecule has 0 saturated carbocycles. The van der Waals surface area contributed by atoms with E-state index in [1.807, 2.05) is 12.1 Å². The molecule has 7 nitrogen and oxygen atoms in total. The average molecular weight is 325 g/mol. The third kappa shape index (κ3) is 2.83. The fourth-order valence-corrected chi connectivity index (χ4v) is 2.87. The van der Waals surface area contributed by atoms with Crippen molar-refractivity contribution in [3.05, 3.63) is 64.2 Å². The molecule has 122 valence electrons. The molecule has 24 heavy (non-hydrogen) atoms. The van der Waals surface area contributed by atoms with Crippen LogP contribution in [0.3, 0.4) is 0 Å². The molecule has 1 aliphatic heterocycles. The molecule has 0 spiro atoms. The van der Waals surface area contributed by atoms with Gasteiger partial charge in [0, 0.05) is 17.8 Å². The second kappa shape index (κ2) is 6.11. The number of hydrogen-bond donors (Lipinski definition) is 2. The summed E-state index contributed by atoms with van der Waals surface area (Å²) in [5.41, 5.74) is 2.23. The topological polar surface area (TPSA) is 105 Å². The van der Waals surface area contributed by atoms with Crippen LogP contribution < -0.4 is 5.32 Å². The highest BCUT2D eigenvalue weighted by molar-refractivity contribution is 6.04. The number of carboxylic acids is 1. The molecular weight excluding hydrogens is 310 g/mol. The number of nitrogens with one attached hydrogen (secondary N) is 1. The summed E-state index contributed by atoms with van der Waals surface area (Å²) in [5.74, 6) is -1.97. The third-order valence-corrected chi connectivity index (χ3v) is 4.00. The summed E-state index contributed by atoms with van der Waals surface area (Å²) in [5, 5.41) is 23.9. The van der Waals surface area contributed by atoms with Crippen molar-refractivity contribution < 1.29 is 14.8 Å². The summed E-state index contributed by atoms with van der Waals surface area (Å²) in [6.07, 6.45) is 0. The van der Waals surface area contributed by atoms with Crippen molar-refractivity contribution in [3.63, 3.8) is 0 Å². The van der Waals surface area contributed by atoms with E-state index in [9.17, 15) is 20.0 Å². The number of benzene rings is 2. The minimum Gasteiger partial charge on any atom is -0.481 e. The van der Waals surface area contributed by atoms with E-state index in [-0.39, 0.29) is 5.69 Å². The highest BCUT2D eigenvalue weighted by atomic mass is 16.6. The molecule has 2 aromatic rings. The van der Waals surface area contributed by atoms with Crippen molar-refractivity contribution in [2.24, 2.45) is 10.9 Å². The predicted molar refractivity (Wildman–Crippen MR) is 89.8 cm³/mol. The van der Waals surface area contributed by atoms with Gasteiger partial charge >= 0.3 is 5.97 Å². The minimum atomic E-state index is -1.03. The van der Waals surface area contributed by atoms with E-state index in [1.54, 1.807) is 31.2 Å². The van der Waals surface area contributed by atoms with E-state index < -0.39 is 22.9 Å². The summed E-state index contributed by atoms with van der Waals surface area (Å²) in [6, 6.07) is 12.6. The van der Waals surface area contributed by atoms with Gasteiger partial charge in [-0.15, -0.1) is 0 Å². The maximum Gasteiger partial charge on any atom is 0.314 e. The van der Waals surface area contributed by atoms with Gasteiger partial charge in [-0.1, -0.05) is 24.3 Å². The number of para-hydroxylation sites is 2. The molecule has 0 fully saturated rings. The molecule has 1 aliphatic rings. The zero-order valence-electron chi connectivity index (χ0n) is 12.8. The van der Waals surface area contributed by atoms with Gasteiger partial charge in [-0.25, -0.2) is 0 Å². The van der Waals surface area contributed by atoms with Gasteiger partial charge in [0.05, 0.1) is 22.3 Å². The summed E-state index contributed by atoms with van der Waals surface area (Å²) in [7, 11) is 0. The first-order valence-corrected chi connectivity index (χ1v) is 7.35. The van der Waals surface area contributed by atoms with Gasteiger partial charge in [-0.05, 0) is 24.6 Å². The van der Waals surface area contributed by atoms with Crippen molar-refractivity contribution in [2.75, 3.05) is 5.32 Å².